The van der Waals surface area contributed by atoms with Crippen molar-refractivity contribution in [1.29, 1.82) is 0 Å². The Hall–Kier alpha value is -1.49. The van der Waals surface area contributed by atoms with E-state index in [2.05, 4.69) is 12.2 Å². The Morgan fingerprint density at radius 2 is 2.05 bits per heavy atom. The summed E-state index contributed by atoms with van der Waals surface area (Å²) in [6, 6.07) is 5.54. The predicted octanol–water partition coefficient (Wildman–Crippen LogP) is 2.80. The van der Waals surface area contributed by atoms with E-state index in [4.69, 9.17) is 0 Å². The lowest BCUT2D eigenvalue weighted by Gasteiger charge is -2.23. The summed E-state index contributed by atoms with van der Waals surface area (Å²) in [5.41, 5.74) is 3.07. The molecule has 0 bridgehead atoms. The van der Waals surface area contributed by atoms with Crippen molar-refractivity contribution in [2.24, 2.45) is 11.8 Å². The van der Waals surface area contributed by atoms with Crippen LogP contribution in [-0.2, 0) is 9.59 Å². The van der Waals surface area contributed by atoms with Gasteiger partial charge in [-0.05, 0) is 43.4 Å². The van der Waals surface area contributed by atoms with Gasteiger partial charge in [-0.25, -0.2) is 0 Å². The summed E-state index contributed by atoms with van der Waals surface area (Å²) < 4.78 is 0. The molecule has 2 fully saturated rings. The maximum atomic E-state index is 12.6. The number of thioether (sulfide) groups is 1. The van der Waals surface area contributed by atoms with Gasteiger partial charge in [-0.15, -0.1) is 11.8 Å². The fourth-order valence-electron chi connectivity index (χ4n) is 2.86. The lowest BCUT2D eigenvalue weighted by atomic mass is 10.1. The highest BCUT2D eigenvalue weighted by Crippen LogP contribution is 2.41. The molecule has 4 nitrogen and oxygen atoms in total. The molecule has 3 rings (SSSR count). The molecule has 0 aromatic heterocycles. The number of anilines is 1. The molecule has 3 atom stereocenters. The average molecular weight is 318 g/mol. The molecule has 0 spiro atoms. The number of rotatable bonds is 3. The smallest absolute Gasteiger partial charge is 0.248 e. The number of amides is 2. The normalized spacial score (nSPS) is 26.9. The molecule has 2 aliphatic rings. The predicted molar refractivity (Wildman–Crippen MR) is 89.8 cm³/mol. The van der Waals surface area contributed by atoms with Gasteiger partial charge in [-0.1, -0.05) is 19.1 Å². The SMILES string of the molecule is Cc1cccc(NC(=O)[C@@H]2CSCN2C(=O)[C@H]2C[C@H]2C)c1C. The molecule has 1 aliphatic carbocycles. The van der Waals surface area contributed by atoms with Crippen LogP contribution in [0.3, 0.4) is 0 Å². The number of aryl methyl sites for hydroxylation is 1. The Bertz CT molecular complexity index is 617. The largest absolute Gasteiger partial charge is 0.324 e. The van der Waals surface area contributed by atoms with Crippen LogP contribution < -0.4 is 5.32 Å². The van der Waals surface area contributed by atoms with E-state index in [1.54, 1.807) is 16.7 Å². The standard InChI is InChI=1S/C17H22N2O2S/c1-10-5-4-6-14(12(10)3)18-16(20)15-8-22-9-19(15)17(21)13-7-11(13)2/h4-6,11,13,15H,7-9H2,1-3H3,(H,18,20)/t11-,13+,15+/m1/s1. The molecule has 1 aromatic carbocycles. The van der Waals surface area contributed by atoms with Gasteiger partial charge in [0.05, 0.1) is 5.88 Å². The van der Waals surface area contributed by atoms with Crippen LogP contribution in [0, 0.1) is 25.7 Å². The first kappa shape index (κ1) is 15.4. The van der Waals surface area contributed by atoms with E-state index < -0.39 is 0 Å². The second-order valence-electron chi connectivity index (χ2n) is 6.38. The molecular weight excluding hydrogens is 296 g/mol. The highest BCUT2D eigenvalue weighted by atomic mass is 32.2. The molecule has 22 heavy (non-hydrogen) atoms. The van der Waals surface area contributed by atoms with Crippen LogP contribution in [0.15, 0.2) is 18.2 Å². The number of nitrogens with one attached hydrogen (secondary N) is 1. The van der Waals surface area contributed by atoms with Gasteiger partial charge in [0.25, 0.3) is 0 Å². The second-order valence-corrected chi connectivity index (χ2v) is 7.38. The summed E-state index contributed by atoms with van der Waals surface area (Å²) in [7, 11) is 0. The highest BCUT2D eigenvalue weighted by Gasteiger charge is 2.45. The number of benzene rings is 1. The van der Waals surface area contributed by atoms with E-state index in [1.165, 1.54) is 0 Å². The minimum atomic E-state index is -0.342. The molecule has 0 radical (unpaired) electrons. The zero-order chi connectivity index (χ0) is 15.9. The lowest BCUT2D eigenvalue weighted by molar-refractivity contribution is -0.137. The number of carbonyl (C=O) groups is 2. The second kappa shape index (κ2) is 5.95. The van der Waals surface area contributed by atoms with Crippen LogP contribution in [0.2, 0.25) is 0 Å². The summed E-state index contributed by atoms with van der Waals surface area (Å²) >= 11 is 1.66. The first-order valence-electron chi connectivity index (χ1n) is 7.74. The third kappa shape index (κ3) is 2.86. The summed E-state index contributed by atoms with van der Waals surface area (Å²) in [6.45, 7) is 6.13. The van der Waals surface area contributed by atoms with Crippen molar-refractivity contribution < 1.29 is 9.59 Å². The first-order chi connectivity index (χ1) is 10.5. The molecule has 1 aromatic rings. The topological polar surface area (TPSA) is 49.4 Å². The van der Waals surface area contributed by atoms with Gasteiger partial charge < -0.3 is 10.2 Å². The molecule has 1 heterocycles. The Balaban J connectivity index is 1.71. The van der Waals surface area contributed by atoms with E-state index in [0.717, 1.165) is 23.2 Å². The molecule has 1 N–H and O–H groups in total. The third-order valence-corrected chi connectivity index (χ3v) is 5.77. The number of carbonyl (C=O) groups excluding carboxylic acids is 2. The molecular formula is C17H22N2O2S. The monoisotopic (exact) mass is 318 g/mol. The Morgan fingerprint density at radius 3 is 2.73 bits per heavy atom. The van der Waals surface area contributed by atoms with E-state index >= 15 is 0 Å². The summed E-state index contributed by atoms with van der Waals surface area (Å²) in [5.74, 6) is 2.01. The fraction of sp³-hybridized carbons (Fsp3) is 0.529. The van der Waals surface area contributed by atoms with E-state index in [0.29, 0.717) is 17.5 Å². The Kier molecular flexibility index (Phi) is 4.17. The summed E-state index contributed by atoms with van der Waals surface area (Å²) in [6.07, 6.45) is 0.964. The summed E-state index contributed by atoms with van der Waals surface area (Å²) in [4.78, 5) is 26.8. The first-order valence-corrected chi connectivity index (χ1v) is 8.90. The third-order valence-electron chi connectivity index (χ3n) is 4.76. The van der Waals surface area contributed by atoms with Gasteiger partial charge in [-0.3, -0.25) is 9.59 Å². The van der Waals surface area contributed by atoms with Crippen LogP contribution in [0.1, 0.15) is 24.5 Å². The van der Waals surface area contributed by atoms with E-state index in [9.17, 15) is 9.59 Å². The molecule has 1 saturated heterocycles. The van der Waals surface area contributed by atoms with Crippen molar-refractivity contribution >= 4 is 29.3 Å². The van der Waals surface area contributed by atoms with Crippen LogP contribution in [-0.4, -0.2) is 34.4 Å². The average Bonchev–Trinajstić information content (AvgIpc) is 3.02. The van der Waals surface area contributed by atoms with Crippen molar-refractivity contribution in [2.45, 2.75) is 33.2 Å². The molecule has 1 aliphatic heterocycles. The Labute approximate surface area is 135 Å². The molecule has 5 heteroatoms. The van der Waals surface area contributed by atoms with Crippen molar-refractivity contribution in [2.75, 3.05) is 16.9 Å². The molecule has 2 amide bonds. The van der Waals surface area contributed by atoms with Crippen molar-refractivity contribution in [1.82, 2.24) is 4.90 Å². The van der Waals surface area contributed by atoms with Crippen LogP contribution >= 0.6 is 11.8 Å². The zero-order valence-corrected chi connectivity index (χ0v) is 14.1. The minimum absolute atomic E-state index is 0.0691. The van der Waals surface area contributed by atoms with Crippen LogP contribution in [0.5, 0.6) is 0 Å². The van der Waals surface area contributed by atoms with Crippen molar-refractivity contribution in [3.63, 3.8) is 0 Å². The van der Waals surface area contributed by atoms with Crippen molar-refractivity contribution in [3.05, 3.63) is 29.3 Å². The van der Waals surface area contributed by atoms with E-state index in [1.807, 2.05) is 32.0 Å². The van der Waals surface area contributed by atoms with Crippen LogP contribution in [0.4, 0.5) is 5.69 Å². The van der Waals surface area contributed by atoms with Gasteiger partial charge in [0.1, 0.15) is 6.04 Å². The highest BCUT2D eigenvalue weighted by molar-refractivity contribution is 7.99. The van der Waals surface area contributed by atoms with E-state index in [-0.39, 0.29) is 23.8 Å². The number of nitrogens with zero attached hydrogens (tertiary/aromatic N) is 1. The van der Waals surface area contributed by atoms with Gasteiger partial charge in [0.15, 0.2) is 0 Å². The van der Waals surface area contributed by atoms with Gasteiger partial charge >= 0.3 is 0 Å². The fourth-order valence-corrected chi connectivity index (χ4v) is 4.02. The lowest BCUT2D eigenvalue weighted by Crippen LogP contribution is -2.45. The minimum Gasteiger partial charge on any atom is -0.324 e. The summed E-state index contributed by atoms with van der Waals surface area (Å²) in [5, 5.41) is 3.00. The zero-order valence-electron chi connectivity index (χ0n) is 13.3. The van der Waals surface area contributed by atoms with Crippen molar-refractivity contribution in [3.8, 4) is 0 Å². The quantitative estimate of drug-likeness (QED) is 0.932. The Morgan fingerprint density at radius 1 is 1.32 bits per heavy atom. The number of hydrogen-bond acceptors (Lipinski definition) is 3. The van der Waals surface area contributed by atoms with Gasteiger partial charge in [0, 0.05) is 17.4 Å². The van der Waals surface area contributed by atoms with Gasteiger partial charge in [-0.2, -0.15) is 0 Å². The van der Waals surface area contributed by atoms with Crippen LogP contribution in [0.25, 0.3) is 0 Å². The molecule has 0 unspecified atom stereocenters. The maximum Gasteiger partial charge on any atom is 0.248 e. The van der Waals surface area contributed by atoms with Gasteiger partial charge in [0.2, 0.25) is 11.8 Å². The number of hydrogen-bond donors (Lipinski definition) is 1. The maximum absolute atomic E-state index is 12.6. The molecule has 118 valence electrons. The molecule has 1 saturated carbocycles.